The number of piperidine rings is 1. The third-order valence-corrected chi connectivity index (χ3v) is 9.22. The van der Waals surface area contributed by atoms with Crippen molar-refractivity contribution in [1.82, 2.24) is 19.8 Å². The zero-order valence-electron chi connectivity index (χ0n) is 25.9. The standard InChI is InChI=1S/C31H50N8O3/c1-5-25-28(33-22-8-12-31(2,40)13-9-22)36-29(30(35-25)42-21-32)34-26-7-6-24(20-27(26)41-4)38-14-10-23(11-15-38)39-18-16-37(3)17-19-39/h6-7,20,22-23,40H,5,8-19,21,32H2,1-4H3,(H2,33,34,36)/t22-,31-. The Hall–Kier alpha value is -2.86. The van der Waals surface area contributed by atoms with E-state index in [-0.39, 0.29) is 12.8 Å². The van der Waals surface area contributed by atoms with Gasteiger partial charge in [-0.15, -0.1) is 0 Å². The topological polar surface area (TPSA) is 124 Å². The minimum atomic E-state index is -0.591. The van der Waals surface area contributed by atoms with Crippen molar-refractivity contribution in [2.75, 3.05) is 75.7 Å². The highest BCUT2D eigenvalue weighted by atomic mass is 16.5. The number of likely N-dealkylation sites (N-methyl/N-ethyl adjacent to an activating group) is 1. The van der Waals surface area contributed by atoms with Crippen LogP contribution in [0.4, 0.5) is 23.0 Å². The Morgan fingerprint density at radius 1 is 1.02 bits per heavy atom. The summed E-state index contributed by atoms with van der Waals surface area (Å²) in [6.45, 7) is 10.7. The summed E-state index contributed by atoms with van der Waals surface area (Å²) in [6.07, 6.45) is 6.34. The van der Waals surface area contributed by atoms with Gasteiger partial charge in [0, 0.05) is 63.1 Å². The molecule has 232 valence electrons. The number of rotatable bonds is 10. The van der Waals surface area contributed by atoms with Gasteiger partial charge in [-0.05, 0) is 71.0 Å². The highest BCUT2D eigenvalue weighted by molar-refractivity contribution is 5.72. The first kappa shape index (κ1) is 30.6. The first-order chi connectivity index (χ1) is 20.3. The SMILES string of the molecule is CCc1nc(OCN)c(Nc2ccc(N3CCC(N4CCN(C)CC4)CC3)cc2OC)nc1N[C@H]1CC[C@](C)(O)CC1. The highest BCUT2D eigenvalue weighted by Gasteiger charge is 2.30. The van der Waals surface area contributed by atoms with E-state index in [4.69, 9.17) is 25.2 Å². The predicted molar refractivity (Wildman–Crippen MR) is 168 cm³/mol. The van der Waals surface area contributed by atoms with Crippen LogP contribution in [0.25, 0.3) is 0 Å². The lowest BCUT2D eigenvalue weighted by Gasteiger charge is -2.42. The number of anilines is 4. The van der Waals surface area contributed by atoms with Crippen molar-refractivity contribution in [3.8, 4) is 11.6 Å². The number of nitrogens with two attached hydrogens (primary N) is 1. The van der Waals surface area contributed by atoms with Crippen LogP contribution in [0, 0.1) is 0 Å². The molecule has 0 spiro atoms. The predicted octanol–water partition coefficient (Wildman–Crippen LogP) is 3.41. The molecule has 11 nitrogen and oxygen atoms in total. The van der Waals surface area contributed by atoms with E-state index in [2.05, 4.69) is 51.4 Å². The molecule has 1 aliphatic carbocycles. The van der Waals surface area contributed by atoms with E-state index in [1.807, 2.05) is 13.0 Å². The van der Waals surface area contributed by atoms with Crippen LogP contribution >= 0.6 is 0 Å². The molecule has 2 aromatic rings. The van der Waals surface area contributed by atoms with Gasteiger partial charge < -0.3 is 35.0 Å². The Kier molecular flexibility index (Phi) is 9.92. The van der Waals surface area contributed by atoms with Crippen molar-refractivity contribution in [1.29, 1.82) is 0 Å². The lowest BCUT2D eigenvalue weighted by Crippen LogP contribution is -2.52. The van der Waals surface area contributed by atoms with Crippen LogP contribution in [0.3, 0.4) is 0 Å². The first-order valence-corrected chi connectivity index (χ1v) is 15.6. The van der Waals surface area contributed by atoms with Crippen molar-refractivity contribution in [2.24, 2.45) is 5.73 Å². The van der Waals surface area contributed by atoms with Crippen molar-refractivity contribution >= 4 is 23.0 Å². The van der Waals surface area contributed by atoms with Crippen molar-refractivity contribution in [3.63, 3.8) is 0 Å². The number of hydrogen-bond acceptors (Lipinski definition) is 11. The van der Waals surface area contributed by atoms with Gasteiger partial charge in [0.05, 0.1) is 24.1 Å². The third-order valence-electron chi connectivity index (χ3n) is 9.22. The average molecular weight is 583 g/mol. The van der Waals surface area contributed by atoms with Crippen LogP contribution in [-0.4, -0.2) is 103 Å². The summed E-state index contributed by atoms with van der Waals surface area (Å²) in [5.41, 5.74) is 7.94. The minimum absolute atomic E-state index is 0.00282. The average Bonchev–Trinajstić information content (AvgIpc) is 3.00. The summed E-state index contributed by atoms with van der Waals surface area (Å²) < 4.78 is 11.5. The Balaban J connectivity index is 1.29. The van der Waals surface area contributed by atoms with Gasteiger partial charge in [-0.25, -0.2) is 9.97 Å². The number of hydrogen-bond donors (Lipinski definition) is 4. The fourth-order valence-corrected chi connectivity index (χ4v) is 6.44. The van der Waals surface area contributed by atoms with Gasteiger partial charge >= 0.3 is 0 Å². The van der Waals surface area contributed by atoms with Crippen LogP contribution < -0.4 is 30.7 Å². The molecular formula is C31H50N8O3. The Morgan fingerprint density at radius 2 is 1.74 bits per heavy atom. The fraction of sp³-hybridized carbons (Fsp3) is 0.677. The van der Waals surface area contributed by atoms with E-state index < -0.39 is 5.60 Å². The molecule has 1 aromatic heterocycles. The van der Waals surface area contributed by atoms with Crippen LogP contribution in [0.2, 0.25) is 0 Å². The number of aliphatic hydroxyl groups is 1. The molecule has 0 unspecified atom stereocenters. The first-order valence-electron chi connectivity index (χ1n) is 15.6. The number of nitrogens with one attached hydrogen (secondary N) is 2. The molecule has 0 radical (unpaired) electrons. The maximum absolute atomic E-state index is 10.4. The zero-order valence-corrected chi connectivity index (χ0v) is 25.9. The normalized spacial score (nSPS) is 24.4. The second-order valence-electron chi connectivity index (χ2n) is 12.3. The maximum Gasteiger partial charge on any atom is 0.259 e. The second kappa shape index (κ2) is 13.6. The number of aromatic nitrogens is 2. The van der Waals surface area contributed by atoms with Crippen molar-refractivity contribution in [3.05, 3.63) is 23.9 Å². The lowest BCUT2D eigenvalue weighted by molar-refractivity contribution is 0.0196. The van der Waals surface area contributed by atoms with Crippen molar-refractivity contribution in [2.45, 2.75) is 76.5 Å². The Bertz CT molecular complexity index is 1170. The molecule has 1 aromatic carbocycles. The van der Waals surface area contributed by atoms with Crippen molar-refractivity contribution < 1.29 is 14.6 Å². The summed E-state index contributed by atoms with van der Waals surface area (Å²) in [4.78, 5) is 17.3. The lowest BCUT2D eigenvalue weighted by atomic mass is 9.83. The van der Waals surface area contributed by atoms with Gasteiger partial charge in [-0.3, -0.25) is 10.6 Å². The van der Waals surface area contributed by atoms with E-state index >= 15 is 0 Å². The molecule has 11 heteroatoms. The van der Waals surface area contributed by atoms with E-state index in [1.54, 1.807) is 7.11 Å². The number of methoxy groups -OCH3 is 1. The monoisotopic (exact) mass is 582 g/mol. The smallest absolute Gasteiger partial charge is 0.259 e. The van der Waals surface area contributed by atoms with Gasteiger partial charge in [0.15, 0.2) is 11.6 Å². The van der Waals surface area contributed by atoms with Crippen LogP contribution in [0.15, 0.2) is 18.2 Å². The van der Waals surface area contributed by atoms with Crippen LogP contribution in [0.1, 0.15) is 58.1 Å². The van der Waals surface area contributed by atoms with Gasteiger partial charge in [-0.2, -0.15) is 0 Å². The molecule has 0 amide bonds. The van der Waals surface area contributed by atoms with E-state index in [9.17, 15) is 5.11 Å². The minimum Gasteiger partial charge on any atom is -0.494 e. The highest BCUT2D eigenvalue weighted by Crippen LogP contribution is 2.37. The largest absolute Gasteiger partial charge is 0.494 e. The molecule has 2 saturated heterocycles. The number of benzene rings is 1. The maximum atomic E-state index is 10.4. The number of piperazine rings is 1. The molecule has 0 bridgehead atoms. The molecular weight excluding hydrogens is 532 g/mol. The molecule has 3 aliphatic rings. The zero-order chi connectivity index (χ0) is 29.7. The third kappa shape index (κ3) is 7.37. The summed E-state index contributed by atoms with van der Waals surface area (Å²) in [5.74, 6) is 2.32. The van der Waals surface area contributed by atoms with E-state index in [0.29, 0.717) is 24.2 Å². The molecule has 5 N–H and O–H groups in total. The molecule has 2 aliphatic heterocycles. The molecule has 5 rings (SSSR count). The molecule has 3 heterocycles. The van der Waals surface area contributed by atoms with E-state index in [0.717, 1.165) is 80.5 Å². The number of aryl methyl sites for hydroxylation is 1. The summed E-state index contributed by atoms with van der Waals surface area (Å²) >= 11 is 0. The van der Waals surface area contributed by atoms with Gasteiger partial charge in [-0.1, -0.05) is 6.92 Å². The van der Waals surface area contributed by atoms with Crippen LogP contribution in [-0.2, 0) is 6.42 Å². The quantitative estimate of drug-likeness (QED) is 0.308. The summed E-state index contributed by atoms with van der Waals surface area (Å²) in [6, 6.07) is 7.19. The van der Waals surface area contributed by atoms with Gasteiger partial charge in [0.1, 0.15) is 12.5 Å². The molecule has 3 fully saturated rings. The number of nitrogens with zero attached hydrogens (tertiary/aromatic N) is 5. The fourth-order valence-electron chi connectivity index (χ4n) is 6.44. The Morgan fingerprint density at radius 3 is 2.38 bits per heavy atom. The van der Waals surface area contributed by atoms with Gasteiger partial charge in [0.2, 0.25) is 0 Å². The molecule has 1 saturated carbocycles. The summed E-state index contributed by atoms with van der Waals surface area (Å²) in [5, 5.41) is 17.4. The van der Waals surface area contributed by atoms with E-state index in [1.165, 1.54) is 25.9 Å². The molecule has 42 heavy (non-hydrogen) atoms. The Labute approximate surface area is 250 Å². The molecule has 0 atom stereocenters. The van der Waals surface area contributed by atoms with Gasteiger partial charge in [0.25, 0.3) is 5.88 Å². The summed E-state index contributed by atoms with van der Waals surface area (Å²) in [7, 11) is 3.91. The second-order valence-corrected chi connectivity index (χ2v) is 12.3. The van der Waals surface area contributed by atoms with Crippen LogP contribution in [0.5, 0.6) is 11.6 Å². The number of ether oxygens (including phenoxy) is 2.